The number of nitrogens with zero attached hydrogens (tertiary/aromatic N) is 3. The number of hydrogen-bond acceptors (Lipinski definition) is 6. The molecule has 0 saturated carbocycles. The van der Waals surface area contributed by atoms with Crippen molar-refractivity contribution in [2.75, 3.05) is 6.61 Å². The molecule has 4 rings (SSSR count). The van der Waals surface area contributed by atoms with E-state index in [2.05, 4.69) is 0 Å². The van der Waals surface area contributed by atoms with Gasteiger partial charge in [0.15, 0.2) is 5.16 Å². The molecule has 0 unspecified atom stereocenters. The molecule has 2 atom stereocenters. The van der Waals surface area contributed by atoms with Gasteiger partial charge in [-0.15, -0.1) is 0 Å². The lowest BCUT2D eigenvalue weighted by Gasteiger charge is -2.18. The molecule has 1 aliphatic rings. The first-order valence-electron chi connectivity index (χ1n) is 9.55. The van der Waals surface area contributed by atoms with E-state index in [0.717, 1.165) is 18.4 Å². The standard InChI is InChI=1S/C21H21N3O4S/c1-14(15-6-4-7-16(12-15)24(26)27)29-21-22-19-10-3-2-9-18(19)20(25)23(21)13-17-8-5-11-28-17/h2-4,6-7,9-10,12,14,17H,5,8,11,13H2,1H3/t14-,17+/m1/s1. The van der Waals surface area contributed by atoms with Gasteiger partial charge in [-0.2, -0.15) is 0 Å². The van der Waals surface area contributed by atoms with Crippen molar-refractivity contribution in [1.29, 1.82) is 0 Å². The van der Waals surface area contributed by atoms with Crippen LogP contribution in [0.25, 0.3) is 10.9 Å². The van der Waals surface area contributed by atoms with E-state index in [0.29, 0.717) is 29.2 Å². The molecule has 7 nitrogen and oxygen atoms in total. The number of ether oxygens (including phenoxy) is 1. The maximum atomic E-state index is 13.2. The Kier molecular flexibility index (Phi) is 5.64. The molecule has 2 aromatic carbocycles. The lowest BCUT2D eigenvalue weighted by atomic mass is 10.1. The van der Waals surface area contributed by atoms with Crippen LogP contribution in [0.15, 0.2) is 58.5 Å². The van der Waals surface area contributed by atoms with Crippen LogP contribution in [-0.2, 0) is 11.3 Å². The normalized spacial score (nSPS) is 17.5. The van der Waals surface area contributed by atoms with Crippen LogP contribution in [0.4, 0.5) is 5.69 Å². The third kappa shape index (κ3) is 4.18. The Labute approximate surface area is 171 Å². The summed E-state index contributed by atoms with van der Waals surface area (Å²) < 4.78 is 7.43. The molecule has 0 bridgehead atoms. The van der Waals surface area contributed by atoms with Crippen molar-refractivity contribution in [2.24, 2.45) is 0 Å². The highest BCUT2D eigenvalue weighted by atomic mass is 32.2. The molecule has 0 aliphatic carbocycles. The van der Waals surface area contributed by atoms with E-state index in [1.807, 2.05) is 31.2 Å². The smallest absolute Gasteiger partial charge is 0.269 e. The molecule has 0 amide bonds. The minimum Gasteiger partial charge on any atom is -0.376 e. The van der Waals surface area contributed by atoms with Gasteiger partial charge in [0.05, 0.1) is 28.5 Å². The van der Waals surface area contributed by atoms with Crippen LogP contribution >= 0.6 is 11.8 Å². The highest BCUT2D eigenvalue weighted by Crippen LogP contribution is 2.35. The van der Waals surface area contributed by atoms with Crippen molar-refractivity contribution in [1.82, 2.24) is 9.55 Å². The van der Waals surface area contributed by atoms with Gasteiger partial charge in [0.25, 0.3) is 11.2 Å². The lowest BCUT2D eigenvalue weighted by Crippen LogP contribution is -2.29. The molecule has 8 heteroatoms. The number of nitro benzene ring substituents is 1. The Morgan fingerprint density at radius 1 is 1.31 bits per heavy atom. The minimum absolute atomic E-state index is 0.00290. The van der Waals surface area contributed by atoms with Gasteiger partial charge in [-0.05, 0) is 37.5 Å². The van der Waals surface area contributed by atoms with Gasteiger partial charge in [0.1, 0.15) is 0 Å². The number of benzene rings is 2. The first-order valence-corrected chi connectivity index (χ1v) is 10.4. The second-order valence-corrected chi connectivity index (χ2v) is 8.38. The molecule has 0 spiro atoms. The lowest BCUT2D eigenvalue weighted by molar-refractivity contribution is -0.384. The number of rotatable bonds is 6. The largest absolute Gasteiger partial charge is 0.376 e. The van der Waals surface area contributed by atoms with Crippen LogP contribution < -0.4 is 5.56 Å². The summed E-state index contributed by atoms with van der Waals surface area (Å²) in [5, 5.41) is 12.2. The van der Waals surface area contributed by atoms with E-state index in [1.165, 1.54) is 17.8 Å². The summed E-state index contributed by atoms with van der Waals surface area (Å²) in [5.74, 6) is 0. The van der Waals surface area contributed by atoms with Crippen molar-refractivity contribution in [3.63, 3.8) is 0 Å². The first-order chi connectivity index (χ1) is 14.0. The number of thioether (sulfide) groups is 1. The summed E-state index contributed by atoms with van der Waals surface area (Å²) in [6.07, 6.45) is 1.92. The Bertz CT molecular complexity index is 1110. The van der Waals surface area contributed by atoms with Crippen molar-refractivity contribution in [2.45, 2.75) is 42.8 Å². The maximum absolute atomic E-state index is 13.2. The number of para-hydroxylation sites is 1. The molecule has 1 aromatic heterocycles. The Balaban J connectivity index is 1.72. The van der Waals surface area contributed by atoms with E-state index in [4.69, 9.17) is 9.72 Å². The fourth-order valence-electron chi connectivity index (χ4n) is 3.51. The third-order valence-electron chi connectivity index (χ3n) is 5.07. The molecular formula is C21H21N3O4S. The van der Waals surface area contributed by atoms with Gasteiger partial charge < -0.3 is 4.74 Å². The highest BCUT2D eigenvalue weighted by molar-refractivity contribution is 7.99. The molecule has 1 aliphatic heterocycles. The summed E-state index contributed by atoms with van der Waals surface area (Å²) in [6.45, 7) is 3.13. The average Bonchev–Trinajstić information content (AvgIpc) is 3.24. The topological polar surface area (TPSA) is 87.3 Å². The fraction of sp³-hybridized carbons (Fsp3) is 0.333. The molecule has 29 heavy (non-hydrogen) atoms. The van der Waals surface area contributed by atoms with E-state index in [-0.39, 0.29) is 22.6 Å². The molecule has 1 saturated heterocycles. The number of nitro groups is 1. The van der Waals surface area contributed by atoms with Crippen LogP contribution in [0.2, 0.25) is 0 Å². The molecule has 150 valence electrons. The second-order valence-electron chi connectivity index (χ2n) is 7.07. The Morgan fingerprint density at radius 3 is 2.90 bits per heavy atom. The number of non-ortho nitro benzene ring substituents is 1. The van der Waals surface area contributed by atoms with Crippen LogP contribution in [0, 0.1) is 10.1 Å². The number of hydrogen-bond donors (Lipinski definition) is 0. The van der Waals surface area contributed by atoms with Crippen LogP contribution in [0.3, 0.4) is 0 Å². The third-order valence-corrected chi connectivity index (χ3v) is 6.22. The van der Waals surface area contributed by atoms with Gasteiger partial charge in [0, 0.05) is 24.0 Å². The zero-order valence-electron chi connectivity index (χ0n) is 16.0. The predicted molar refractivity (Wildman–Crippen MR) is 112 cm³/mol. The molecular weight excluding hydrogens is 390 g/mol. The molecule has 0 N–H and O–H groups in total. The predicted octanol–water partition coefficient (Wildman–Crippen LogP) is 4.34. The van der Waals surface area contributed by atoms with Crippen molar-refractivity contribution >= 4 is 28.4 Å². The Morgan fingerprint density at radius 2 is 2.14 bits per heavy atom. The Hall–Kier alpha value is -2.71. The molecule has 0 radical (unpaired) electrons. The van der Waals surface area contributed by atoms with Crippen LogP contribution in [0.1, 0.15) is 30.6 Å². The van der Waals surface area contributed by atoms with E-state index >= 15 is 0 Å². The quantitative estimate of drug-likeness (QED) is 0.260. The molecule has 2 heterocycles. The zero-order chi connectivity index (χ0) is 20.4. The minimum atomic E-state index is -0.400. The monoisotopic (exact) mass is 411 g/mol. The van der Waals surface area contributed by atoms with Gasteiger partial charge in [-0.3, -0.25) is 19.5 Å². The fourth-order valence-corrected chi connectivity index (χ4v) is 4.54. The van der Waals surface area contributed by atoms with Crippen molar-refractivity contribution < 1.29 is 9.66 Å². The van der Waals surface area contributed by atoms with Crippen LogP contribution in [0.5, 0.6) is 0 Å². The maximum Gasteiger partial charge on any atom is 0.269 e. The first kappa shape index (κ1) is 19.6. The average molecular weight is 411 g/mol. The number of aromatic nitrogens is 2. The van der Waals surface area contributed by atoms with E-state index < -0.39 is 4.92 Å². The molecule has 1 fully saturated rings. The zero-order valence-corrected chi connectivity index (χ0v) is 16.8. The van der Waals surface area contributed by atoms with Crippen molar-refractivity contribution in [3.05, 3.63) is 74.6 Å². The van der Waals surface area contributed by atoms with Gasteiger partial charge in [-0.1, -0.05) is 36.0 Å². The summed E-state index contributed by atoms with van der Waals surface area (Å²) in [4.78, 5) is 28.6. The second kappa shape index (κ2) is 8.34. The van der Waals surface area contributed by atoms with Gasteiger partial charge in [-0.25, -0.2) is 4.98 Å². The van der Waals surface area contributed by atoms with Crippen LogP contribution in [-0.4, -0.2) is 27.2 Å². The SMILES string of the molecule is C[C@@H](Sc1nc2ccccc2c(=O)n1C[C@@H]1CCCO1)c1cccc([N+](=O)[O-])c1. The number of fused-ring (bicyclic) bond motifs is 1. The van der Waals surface area contributed by atoms with Crippen molar-refractivity contribution in [3.8, 4) is 0 Å². The van der Waals surface area contributed by atoms with E-state index in [1.54, 1.807) is 22.8 Å². The van der Waals surface area contributed by atoms with E-state index in [9.17, 15) is 14.9 Å². The summed E-state index contributed by atoms with van der Waals surface area (Å²) in [5.41, 5.74) is 1.43. The summed E-state index contributed by atoms with van der Waals surface area (Å²) >= 11 is 1.43. The summed E-state index contributed by atoms with van der Waals surface area (Å²) in [6, 6.07) is 13.9. The molecule has 3 aromatic rings. The van der Waals surface area contributed by atoms with Gasteiger partial charge in [0.2, 0.25) is 0 Å². The van der Waals surface area contributed by atoms with Gasteiger partial charge >= 0.3 is 0 Å². The summed E-state index contributed by atoms with van der Waals surface area (Å²) in [7, 11) is 0. The highest BCUT2D eigenvalue weighted by Gasteiger charge is 2.22.